The normalized spacial score (nSPS) is 11.2. The third-order valence-corrected chi connectivity index (χ3v) is 4.97. The first-order valence-electron chi connectivity index (χ1n) is 9.81. The van der Waals surface area contributed by atoms with E-state index in [0.717, 1.165) is 34.6 Å². The number of amides is 1. The van der Waals surface area contributed by atoms with E-state index >= 15 is 0 Å². The van der Waals surface area contributed by atoms with Crippen LogP contribution >= 0.6 is 0 Å². The summed E-state index contributed by atoms with van der Waals surface area (Å²) < 4.78 is 2.05. The second-order valence-corrected chi connectivity index (χ2v) is 7.47. The van der Waals surface area contributed by atoms with Gasteiger partial charge in [0.15, 0.2) is 0 Å². The Kier molecular flexibility index (Phi) is 5.50. The summed E-state index contributed by atoms with van der Waals surface area (Å²) in [7, 11) is 3.95. The van der Waals surface area contributed by atoms with Crippen LogP contribution in [0.3, 0.4) is 0 Å². The highest BCUT2D eigenvalue weighted by Crippen LogP contribution is 2.27. The van der Waals surface area contributed by atoms with Crippen LogP contribution in [0.2, 0.25) is 0 Å². The van der Waals surface area contributed by atoms with Crippen LogP contribution in [0.25, 0.3) is 28.0 Å². The van der Waals surface area contributed by atoms with Gasteiger partial charge in [0, 0.05) is 36.0 Å². The average Bonchev–Trinajstić information content (AvgIpc) is 3.17. The van der Waals surface area contributed by atoms with Gasteiger partial charge in [0.05, 0.1) is 23.1 Å². The summed E-state index contributed by atoms with van der Waals surface area (Å²) in [5, 5.41) is 12.7. The molecular weight excluding hydrogens is 376 g/mol. The number of nitrogens with zero attached hydrogens (tertiary/aromatic N) is 3. The third-order valence-electron chi connectivity index (χ3n) is 4.97. The highest BCUT2D eigenvalue weighted by Gasteiger charge is 2.10. The number of rotatable bonds is 6. The Morgan fingerprint density at radius 1 is 1.07 bits per heavy atom. The number of hydrogen-bond donors (Lipinski definition) is 2. The lowest BCUT2D eigenvalue weighted by atomic mass is 10.1. The molecule has 0 aliphatic carbocycles. The van der Waals surface area contributed by atoms with Crippen molar-refractivity contribution in [1.29, 1.82) is 0 Å². The SMILES string of the molecule is CN(C)CCNC(=O)c1ccc(-c2cn3c(-c4cccc(O)c4)ccc3cn2)cc1. The second kappa shape index (κ2) is 8.39. The summed E-state index contributed by atoms with van der Waals surface area (Å²) in [5.41, 5.74) is 5.23. The maximum atomic E-state index is 12.3. The zero-order valence-corrected chi connectivity index (χ0v) is 17.0. The van der Waals surface area contributed by atoms with E-state index in [-0.39, 0.29) is 11.7 Å². The van der Waals surface area contributed by atoms with E-state index in [1.165, 1.54) is 0 Å². The maximum Gasteiger partial charge on any atom is 0.251 e. The molecule has 0 bridgehead atoms. The van der Waals surface area contributed by atoms with E-state index in [4.69, 9.17) is 0 Å². The zero-order chi connectivity index (χ0) is 21.1. The predicted molar refractivity (Wildman–Crippen MR) is 119 cm³/mol. The molecular formula is C24H24N4O2. The molecule has 0 aliphatic rings. The van der Waals surface area contributed by atoms with Gasteiger partial charge in [-0.1, -0.05) is 24.3 Å². The average molecular weight is 400 g/mol. The molecule has 2 aromatic carbocycles. The molecule has 4 aromatic rings. The molecule has 0 saturated carbocycles. The van der Waals surface area contributed by atoms with Crippen LogP contribution in [0.5, 0.6) is 5.75 Å². The molecule has 2 heterocycles. The van der Waals surface area contributed by atoms with E-state index in [9.17, 15) is 9.90 Å². The molecule has 152 valence electrons. The number of aromatic hydroxyl groups is 1. The first kappa shape index (κ1) is 19.7. The van der Waals surface area contributed by atoms with Gasteiger partial charge >= 0.3 is 0 Å². The molecule has 0 aliphatic heterocycles. The van der Waals surface area contributed by atoms with Gasteiger partial charge in [-0.15, -0.1) is 0 Å². The molecule has 0 saturated heterocycles. The van der Waals surface area contributed by atoms with Crippen LogP contribution in [0.1, 0.15) is 10.4 Å². The Morgan fingerprint density at radius 2 is 1.87 bits per heavy atom. The van der Waals surface area contributed by atoms with Crippen LogP contribution in [0.4, 0.5) is 0 Å². The monoisotopic (exact) mass is 400 g/mol. The topological polar surface area (TPSA) is 69.9 Å². The van der Waals surface area contributed by atoms with Crippen molar-refractivity contribution in [3.63, 3.8) is 0 Å². The number of aromatic nitrogens is 2. The molecule has 2 N–H and O–H groups in total. The molecule has 30 heavy (non-hydrogen) atoms. The van der Waals surface area contributed by atoms with Gasteiger partial charge in [-0.05, 0) is 50.5 Å². The van der Waals surface area contributed by atoms with E-state index in [0.29, 0.717) is 12.1 Å². The van der Waals surface area contributed by atoms with E-state index < -0.39 is 0 Å². The molecule has 1 amide bonds. The van der Waals surface area contributed by atoms with Crippen LogP contribution in [-0.4, -0.2) is 52.5 Å². The van der Waals surface area contributed by atoms with Crippen LogP contribution in [0.15, 0.2) is 73.1 Å². The molecule has 4 rings (SSSR count). The number of fused-ring (bicyclic) bond motifs is 1. The molecule has 2 aromatic heterocycles. The van der Waals surface area contributed by atoms with Gasteiger partial charge in [0.25, 0.3) is 5.91 Å². The largest absolute Gasteiger partial charge is 0.508 e. The third kappa shape index (κ3) is 4.18. The number of carbonyl (C=O) groups excluding carboxylic acids is 1. The fraction of sp³-hybridized carbons (Fsp3) is 0.167. The quantitative estimate of drug-likeness (QED) is 0.518. The fourth-order valence-electron chi connectivity index (χ4n) is 3.34. The van der Waals surface area contributed by atoms with Crippen molar-refractivity contribution >= 4 is 11.4 Å². The number of carbonyl (C=O) groups is 1. The molecule has 0 radical (unpaired) electrons. The van der Waals surface area contributed by atoms with E-state index in [1.54, 1.807) is 12.1 Å². The number of benzene rings is 2. The van der Waals surface area contributed by atoms with Crippen molar-refractivity contribution in [2.24, 2.45) is 0 Å². The standard InChI is InChI=1S/C24H24N4O2/c1-27(2)13-12-25-24(30)18-8-6-17(7-9-18)22-16-28-20(15-26-22)10-11-23(28)19-4-3-5-21(29)14-19/h3-11,14-16,29H,12-13H2,1-2H3,(H,25,30). The highest BCUT2D eigenvalue weighted by molar-refractivity contribution is 5.94. The Balaban J connectivity index is 1.59. The fourth-order valence-corrected chi connectivity index (χ4v) is 3.34. The molecule has 0 spiro atoms. The summed E-state index contributed by atoms with van der Waals surface area (Å²) in [6, 6.07) is 18.7. The lowest BCUT2D eigenvalue weighted by Gasteiger charge is -2.11. The summed E-state index contributed by atoms with van der Waals surface area (Å²) >= 11 is 0. The number of hydrogen-bond acceptors (Lipinski definition) is 4. The van der Waals surface area contributed by atoms with Gasteiger partial charge in [-0.3, -0.25) is 9.78 Å². The van der Waals surface area contributed by atoms with Crippen LogP contribution in [-0.2, 0) is 0 Å². The number of phenolic OH excluding ortho intramolecular Hbond substituents is 1. The molecule has 6 nitrogen and oxygen atoms in total. The second-order valence-electron chi connectivity index (χ2n) is 7.47. The summed E-state index contributed by atoms with van der Waals surface area (Å²) in [5.74, 6) is 0.152. The Morgan fingerprint density at radius 3 is 2.60 bits per heavy atom. The van der Waals surface area contributed by atoms with Crippen molar-refractivity contribution < 1.29 is 9.90 Å². The van der Waals surface area contributed by atoms with Crippen LogP contribution < -0.4 is 5.32 Å². The van der Waals surface area contributed by atoms with Gasteiger partial charge in [0.1, 0.15) is 5.75 Å². The van der Waals surface area contributed by atoms with Crippen molar-refractivity contribution in [3.8, 4) is 28.3 Å². The Bertz CT molecular complexity index is 1180. The van der Waals surface area contributed by atoms with Crippen molar-refractivity contribution in [2.45, 2.75) is 0 Å². The van der Waals surface area contributed by atoms with Gasteiger partial charge in [-0.2, -0.15) is 0 Å². The molecule has 0 fully saturated rings. The summed E-state index contributed by atoms with van der Waals surface area (Å²) in [4.78, 5) is 18.9. The van der Waals surface area contributed by atoms with Gasteiger partial charge < -0.3 is 19.7 Å². The summed E-state index contributed by atoms with van der Waals surface area (Å²) in [6.45, 7) is 1.41. The first-order valence-corrected chi connectivity index (χ1v) is 9.81. The number of likely N-dealkylation sites (N-methyl/N-ethyl adjacent to an activating group) is 1. The van der Waals surface area contributed by atoms with Crippen molar-refractivity contribution in [3.05, 3.63) is 78.6 Å². The molecule has 6 heteroatoms. The molecule has 0 atom stereocenters. The minimum atomic E-state index is -0.0802. The number of phenols is 1. The summed E-state index contributed by atoms with van der Waals surface area (Å²) in [6.07, 6.45) is 3.80. The van der Waals surface area contributed by atoms with Crippen LogP contribution in [0, 0.1) is 0 Å². The van der Waals surface area contributed by atoms with Gasteiger partial charge in [0.2, 0.25) is 0 Å². The van der Waals surface area contributed by atoms with Crippen molar-refractivity contribution in [2.75, 3.05) is 27.2 Å². The minimum Gasteiger partial charge on any atom is -0.508 e. The zero-order valence-electron chi connectivity index (χ0n) is 17.0. The minimum absolute atomic E-state index is 0.0802. The van der Waals surface area contributed by atoms with E-state index in [1.807, 2.05) is 79.9 Å². The lowest BCUT2D eigenvalue weighted by molar-refractivity contribution is 0.0951. The smallest absolute Gasteiger partial charge is 0.251 e. The van der Waals surface area contributed by atoms with Crippen molar-refractivity contribution in [1.82, 2.24) is 19.6 Å². The highest BCUT2D eigenvalue weighted by atomic mass is 16.3. The molecule has 0 unspecified atom stereocenters. The van der Waals surface area contributed by atoms with Gasteiger partial charge in [-0.25, -0.2) is 0 Å². The Labute approximate surface area is 175 Å². The van der Waals surface area contributed by atoms with E-state index in [2.05, 4.69) is 14.7 Å². The first-order chi connectivity index (χ1) is 14.5. The number of nitrogens with one attached hydrogen (secondary N) is 1. The predicted octanol–water partition coefficient (Wildman–Crippen LogP) is 3.67. The Hall–Kier alpha value is -3.64. The lowest BCUT2D eigenvalue weighted by Crippen LogP contribution is -2.31. The maximum absolute atomic E-state index is 12.3.